The molecule has 4 fully saturated rings. The summed E-state index contributed by atoms with van der Waals surface area (Å²) in [5.74, 6) is 5.83. The Balaban J connectivity index is 0.604. The van der Waals surface area contributed by atoms with Crippen molar-refractivity contribution in [1.29, 1.82) is 0 Å². The van der Waals surface area contributed by atoms with E-state index in [4.69, 9.17) is 29.9 Å². The van der Waals surface area contributed by atoms with Gasteiger partial charge in [0.05, 0.1) is 44.1 Å². The van der Waals surface area contributed by atoms with Gasteiger partial charge >= 0.3 is 0 Å². The van der Waals surface area contributed by atoms with Crippen LogP contribution in [0.15, 0.2) is 365 Å². The number of rotatable bonds is 16. The number of hydrogen-bond acceptors (Lipinski definition) is 6. The largest absolute Gasteiger partial charge is 0.299 e. The van der Waals surface area contributed by atoms with Crippen molar-refractivity contribution in [2.75, 3.05) is 0 Å². The van der Waals surface area contributed by atoms with Crippen LogP contribution < -0.4 is 0 Å². The molecule has 0 amide bonds. The summed E-state index contributed by atoms with van der Waals surface area (Å²) in [5.41, 5.74) is 51.3. The quantitative estimate of drug-likeness (QED) is 0.0956. The zero-order valence-electron chi connectivity index (χ0n) is 77.0. The molecule has 662 valence electrons. The molecular formula is C128H100N10. The molecule has 138 heavy (non-hydrogen) atoms. The third-order valence-electron chi connectivity index (χ3n) is 33.8. The molecule has 0 spiro atoms. The minimum atomic E-state index is 0.636. The van der Waals surface area contributed by atoms with Crippen LogP contribution in [-0.4, -0.2) is 48.2 Å². The first-order chi connectivity index (χ1) is 68.3. The van der Waals surface area contributed by atoms with E-state index in [1.807, 2.05) is 43.8 Å². The molecular weight excluding hydrogens is 1680 g/mol. The van der Waals surface area contributed by atoms with Crippen LogP contribution in [0.1, 0.15) is 195 Å². The van der Waals surface area contributed by atoms with Crippen molar-refractivity contribution in [1.82, 2.24) is 48.2 Å². The molecule has 0 saturated heterocycles. The molecule has 12 aliphatic carbocycles. The number of imidazole rings is 4. The van der Waals surface area contributed by atoms with Gasteiger partial charge in [-0.1, -0.05) is 188 Å². The number of nitrogens with zero attached hydrogens (tertiary/aromatic N) is 10. The van der Waals surface area contributed by atoms with Crippen LogP contribution in [0.2, 0.25) is 0 Å². The number of benzene rings is 16. The van der Waals surface area contributed by atoms with Gasteiger partial charge in [0.25, 0.3) is 0 Å². The van der Waals surface area contributed by atoms with Crippen molar-refractivity contribution in [2.24, 2.45) is 0 Å². The Kier molecular flexibility index (Phi) is 18.6. The fraction of sp³-hybridized carbons (Fsp3) is 0.188. The number of hydrogen-bond donors (Lipinski definition) is 0. The lowest BCUT2D eigenvalue weighted by atomic mass is 9.67. The van der Waals surface area contributed by atoms with Crippen LogP contribution in [-0.2, 0) is 0 Å². The standard InChI is InChI=1S/C128H100N10/c1-5-15-105(101(11-1)77-41-49-97(50-42-77)135-73-131-119-65-111-81-21-29-85(30-22-81)115(111)69-123(119)135)91-59-92(106-16-6-2-12-102(106)78-43-51-98(52-44-78)136-74-132-120-66-112-82-23-31-86(32-24-82)116(112)70-124(120)136)62-95(61-91)109-19-9-20-110(127(109)89-37-39-90(40-38-89)128-129-57-10-58-130-128)96-63-93(107-17-7-3-13-103(107)79-45-53-99(54-46-79)137-75-133-121-67-113-83-25-33-87(34-26-83)117(113)71-125(121)137)60-94(64-96)108-18-8-4-14-104(108)80-47-55-100(56-48-80)138-76-134-122-68-114-84-27-35-88(36-28-84)118(114)72-126(122)138/h1-20,37-76,81-88H,21-36H2. The normalized spacial score (nSPS) is 19.1. The van der Waals surface area contributed by atoms with Gasteiger partial charge in [0.15, 0.2) is 5.82 Å². The van der Waals surface area contributed by atoms with Crippen LogP contribution in [0.25, 0.3) is 201 Å². The average Bonchev–Trinajstić information content (AvgIpc) is 1.74. The lowest BCUT2D eigenvalue weighted by molar-refractivity contribution is 0.359. The summed E-state index contributed by atoms with van der Waals surface area (Å²) in [6, 6.07) is 125. The molecule has 4 saturated carbocycles. The van der Waals surface area contributed by atoms with Gasteiger partial charge in [0, 0.05) is 40.7 Å². The van der Waals surface area contributed by atoms with E-state index in [0.29, 0.717) is 53.2 Å². The second-order valence-corrected chi connectivity index (χ2v) is 40.9. The zero-order valence-corrected chi connectivity index (χ0v) is 77.0. The molecule has 0 aliphatic heterocycles. The van der Waals surface area contributed by atoms with Gasteiger partial charge in [-0.15, -0.1) is 0 Å². The van der Waals surface area contributed by atoms with Gasteiger partial charge in [-0.3, -0.25) is 18.3 Å². The Labute approximate surface area is 803 Å². The van der Waals surface area contributed by atoms with Gasteiger partial charge in [-0.05, 0) is 457 Å². The van der Waals surface area contributed by atoms with E-state index in [1.54, 1.807) is 22.3 Å². The number of fused-ring (bicyclic) bond motifs is 12. The van der Waals surface area contributed by atoms with Gasteiger partial charge in [0.1, 0.15) is 25.3 Å². The highest BCUT2D eigenvalue weighted by Crippen LogP contribution is 2.57. The smallest absolute Gasteiger partial charge is 0.159 e. The summed E-state index contributed by atoms with van der Waals surface area (Å²) in [4.78, 5) is 29.9. The predicted molar refractivity (Wildman–Crippen MR) is 562 cm³/mol. The Hall–Kier alpha value is -15.5. The Morgan fingerprint density at radius 1 is 0.167 bits per heavy atom. The third kappa shape index (κ3) is 13.2. The summed E-state index contributed by atoms with van der Waals surface area (Å²) >= 11 is 0. The van der Waals surface area contributed by atoms with Gasteiger partial charge in [-0.25, -0.2) is 29.9 Å². The summed E-state index contributed by atoms with van der Waals surface area (Å²) in [7, 11) is 0. The van der Waals surface area contributed by atoms with Crippen LogP contribution in [0, 0.1) is 0 Å². The molecule has 5 heterocycles. The Morgan fingerprint density at radius 3 is 0.616 bits per heavy atom. The van der Waals surface area contributed by atoms with E-state index in [-0.39, 0.29) is 0 Å². The van der Waals surface area contributed by atoms with E-state index in [9.17, 15) is 0 Å². The minimum absolute atomic E-state index is 0.636. The average molecular weight is 1780 g/mol. The monoisotopic (exact) mass is 1780 g/mol. The first kappa shape index (κ1) is 79.8. The molecule has 21 aromatic rings. The summed E-state index contributed by atoms with van der Waals surface area (Å²) in [6.07, 6.45) is 32.5. The topological polar surface area (TPSA) is 97.1 Å². The van der Waals surface area contributed by atoms with Gasteiger partial charge in [0.2, 0.25) is 0 Å². The van der Waals surface area contributed by atoms with Gasteiger partial charge in [-0.2, -0.15) is 0 Å². The lowest BCUT2D eigenvalue weighted by Gasteiger charge is -2.38. The molecule has 10 heteroatoms. The van der Waals surface area contributed by atoms with E-state index in [0.717, 1.165) is 173 Å². The van der Waals surface area contributed by atoms with Gasteiger partial charge < -0.3 is 0 Å². The SMILES string of the molecule is c1cnc(-c2ccc(-c3c(-c4cc(-c5ccccc5-c5ccc(-n6cnc7cc8c(cc76)C6CCC8CC6)cc5)cc(-c5ccccc5-c5ccc(-n6cnc7cc8c(cc76)C6CCC8CC6)cc5)c4)cccc3-c3cc(-c4ccccc4-c4ccc(-n5cnc6cc7c(cc65)C5CCC7CC5)cc4)cc(-c4ccccc4-c4ccc(-n5cnc6cc7c(cc65)C5CCC7CC5)cc4)c3)cc2)nc1. The minimum Gasteiger partial charge on any atom is -0.299 e. The fourth-order valence-corrected chi connectivity index (χ4v) is 26.8. The van der Waals surface area contributed by atoms with Crippen molar-refractivity contribution in [3.8, 4) is 157 Å². The number of aromatic nitrogens is 10. The molecule has 33 rings (SSSR count). The Morgan fingerprint density at radius 2 is 0.370 bits per heavy atom. The van der Waals surface area contributed by atoms with E-state index < -0.39 is 0 Å². The summed E-state index contributed by atoms with van der Waals surface area (Å²) in [6.45, 7) is 0. The maximum Gasteiger partial charge on any atom is 0.159 e. The highest BCUT2D eigenvalue weighted by Gasteiger charge is 2.39. The second-order valence-electron chi connectivity index (χ2n) is 40.9. The first-order valence-electron chi connectivity index (χ1n) is 50.5. The molecule has 16 aromatic carbocycles. The summed E-state index contributed by atoms with van der Waals surface area (Å²) < 4.78 is 9.22. The van der Waals surface area contributed by atoms with E-state index in [1.165, 1.54) is 147 Å². The van der Waals surface area contributed by atoms with Crippen LogP contribution >= 0.6 is 0 Å². The fourth-order valence-electron chi connectivity index (χ4n) is 26.8. The molecule has 5 aromatic heterocycles. The van der Waals surface area contributed by atoms with E-state index >= 15 is 0 Å². The van der Waals surface area contributed by atoms with Crippen LogP contribution in [0.3, 0.4) is 0 Å². The highest BCUT2D eigenvalue weighted by atomic mass is 15.1. The lowest BCUT2D eigenvalue weighted by Crippen LogP contribution is -2.21. The van der Waals surface area contributed by atoms with Crippen molar-refractivity contribution in [3.63, 3.8) is 0 Å². The molecule has 12 aliphatic rings. The van der Waals surface area contributed by atoms with Crippen molar-refractivity contribution in [3.05, 3.63) is 410 Å². The highest BCUT2D eigenvalue weighted by molar-refractivity contribution is 6.02. The third-order valence-corrected chi connectivity index (χ3v) is 33.8. The first-order valence-corrected chi connectivity index (χ1v) is 50.5. The maximum absolute atomic E-state index is 5.08. The van der Waals surface area contributed by atoms with Crippen LogP contribution in [0.4, 0.5) is 0 Å². The second kappa shape index (κ2) is 32.1. The van der Waals surface area contributed by atoms with Crippen molar-refractivity contribution < 1.29 is 0 Å². The molecule has 0 atom stereocenters. The molecule has 0 N–H and O–H groups in total. The molecule has 0 radical (unpaired) electrons. The molecule has 8 bridgehead atoms. The van der Waals surface area contributed by atoms with Crippen molar-refractivity contribution >= 4 is 44.1 Å². The molecule has 10 nitrogen and oxygen atoms in total. The van der Waals surface area contributed by atoms with Crippen molar-refractivity contribution in [2.45, 2.75) is 150 Å². The van der Waals surface area contributed by atoms with E-state index in [2.05, 4.69) is 340 Å². The summed E-state index contributed by atoms with van der Waals surface area (Å²) in [5, 5.41) is 0. The van der Waals surface area contributed by atoms with Crippen LogP contribution in [0.5, 0.6) is 0 Å². The Bertz CT molecular complexity index is 7590. The predicted octanol–water partition coefficient (Wildman–Crippen LogP) is 32.9. The molecule has 0 unspecified atom stereocenters. The maximum atomic E-state index is 5.08. The zero-order chi connectivity index (χ0) is 90.3.